The lowest BCUT2D eigenvalue weighted by Crippen LogP contribution is -2.43. The maximum absolute atomic E-state index is 11.8. The summed E-state index contributed by atoms with van der Waals surface area (Å²) in [5, 5.41) is 17.4. The number of primary amides is 1. The molecule has 0 saturated carbocycles. The van der Waals surface area contributed by atoms with Gasteiger partial charge in [-0.15, -0.1) is 0 Å². The van der Waals surface area contributed by atoms with Gasteiger partial charge in [-0.05, 0) is 24.3 Å². The monoisotopic (exact) mass is 288 g/mol. The average Bonchev–Trinajstić information content (AvgIpc) is 2.35. The van der Waals surface area contributed by atoms with Crippen molar-refractivity contribution in [3.05, 3.63) is 29.8 Å². The summed E-state index contributed by atoms with van der Waals surface area (Å²) in [5.41, 5.74) is 5.12. The van der Waals surface area contributed by atoms with Crippen LogP contribution in [0.3, 0.4) is 0 Å². The summed E-state index contributed by atoms with van der Waals surface area (Å²) in [7, 11) is -4.10. The molecule has 1 aromatic carbocycles. The molecule has 1 aromatic rings. The number of carbonyl (C=O) groups excluding carboxylic acids is 1. The van der Waals surface area contributed by atoms with Gasteiger partial charge in [0.25, 0.3) is 0 Å². The Morgan fingerprint density at radius 1 is 1.26 bits per heavy atom. The summed E-state index contributed by atoms with van der Waals surface area (Å²) in [6.45, 7) is -0.881. The van der Waals surface area contributed by atoms with Crippen molar-refractivity contribution in [2.75, 3.05) is 6.61 Å². The van der Waals surface area contributed by atoms with E-state index in [-0.39, 0.29) is 10.5 Å². The van der Waals surface area contributed by atoms with Crippen LogP contribution in [0.2, 0.25) is 0 Å². The minimum atomic E-state index is -4.10. The van der Waals surface area contributed by atoms with Crippen molar-refractivity contribution in [3.8, 4) is 0 Å². The highest BCUT2D eigenvalue weighted by Crippen LogP contribution is 2.10. The predicted octanol–water partition coefficient (Wildman–Crippen LogP) is -1.49. The van der Waals surface area contributed by atoms with Gasteiger partial charge in [0.05, 0.1) is 11.5 Å². The molecule has 0 spiro atoms. The molecule has 1 atom stereocenters. The van der Waals surface area contributed by atoms with E-state index in [1.54, 1.807) is 0 Å². The summed E-state index contributed by atoms with van der Waals surface area (Å²) in [5.74, 6) is -2.21. The van der Waals surface area contributed by atoms with E-state index in [2.05, 4.69) is 0 Å². The Morgan fingerprint density at radius 2 is 1.79 bits per heavy atom. The van der Waals surface area contributed by atoms with Crippen molar-refractivity contribution < 1.29 is 28.2 Å². The van der Waals surface area contributed by atoms with Crippen molar-refractivity contribution in [2.24, 2.45) is 5.73 Å². The summed E-state index contributed by atoms with van der Waals surface area (Å²) in [4.78, 5) is 21.2. The van der Waals surface area contributed by atoms with Gasteiger partial charge in [-0.2, -0.15) is 4.72 Å². The Labute approximate surface area is 108 Å². The number of nitrogens with one attached hydrogen (secondary N) is 1. The highest BCUT2D eigenvalue weighted by Gasteiger charge is 2.24. The van der Waals surface area contributed by atoms with Crippen LogP contribution in [0.1, 0.15) is 10.4 Å². The SMILES string of the molecule is NC(=O)c1ccc(S(=O)(=O)N[C@@H](CO)C(=O)O)cc1. The van der Waals surface area contributed by atoms with Gasteiger partial charge in [0.15, 0.2) is 0 Å². The standard InChI is InChI=1S/C10H12N2O6S/c11-9(14)6-1-3-7(4-2-6)19(17,18)12-8(5-13)10(15)16/h1-4,8,12-13H,5H2,(H2,11,14)(H,15,16)/t8-/m0/s1. The molecule has 0 saturated heterocycles. The number of nitrogens with two attached hydrogens (primary N) is 1. The third-order valence-corrected chi connectivity index (χ3v) is 3.71. The van der Waals surface area contributed by atoms with E-state index in [4.69, 9.17) is 15.9 Å². The van der Waals surface area contributed by atoms with Gasteiger partial charge in [-0.1, -0.05) is 0 Å². The molecule has 0 aromatic heterocycles. The Kier molecular flexibility index (Phi) is 4.59. The summed E-state index contributed by atoms with van der Waals surface area (Å²) >= 11 is 0. The first-order valence-corrected chi connectivity index (χ1v) is 6.52. The first-order valence-electron chi connectivity index (χ1n) is 5.04. The molecule has 1 rings (SSSR count). The molecular formula is C10H12N2O6S. The van der Waals surface area contributed by atoms with Gasteiger partial charge in [-0.3, -0.25) is 9.59 Å². The smallest absolute Gasteiger partial charge is 0.324 e. The Hall–Kier alpha value is -1.97. The summed E-state index contributed by atoms with van der Waals surface area (Å²) in [6.07, 6.45) is 0. The maximum Gasteiger partial charge on any atom is 0.324 e. The largest absolute Gasteiger partial charge is 0.480 e. The van der Waals surface area contributed by atoms with Crippen LogP contribution in [0, 0.1) is 0 Å². The van der Waals surface area contributed by atoms with E-state index >= 15 is 0 Å². The number of sulfonamides is 1. The van der Waals surface area contributed by atoms with E-state index in [1.807, 2.05) is 4.72 Å². The Morgan fingerprint density at radius 3 is 2.16 bits per heavy atom. The number of hydrogen-bond acceptors (Lipinski definition) is 5. The highest BCUT2D eigenvalue weighted by molar-refractivity contribution is 7.89. The van der Waals surface area contributed by atoms with Crippen LogP contribution in [0.15, 0.2) is 29.2 Å². The summed E-state index contributed by atoms with van der Waals surface area (Å²) in [6, 6.07) is 2.98. The molecule has 19 heavy (non-hydrogen) atoms. The van der Waals surface area contributed by atoms with E-state index in [9.17, 15) is 18.0 Å². The van der Waals surface area contributed by atoms with Crippen LogP contribution >= 0.6 is 0 Å². The van der Waals surface area contributed by atoms with Gasteiger partial charge in [0.1, 0.15) is 6.04 Å². The zero-order valence-electron chi connectivity index (χ0n) is 9.61. The number of benzene rings is 1. The highest BCUT2D eigenvalue weighted by atomic mass is 32.2. The minimum absolute atomic E-state index is 0.121. The number of aliphatic hydroxyl groups excluding tert-OH is 1. The number of amides is 1. The molecule has 0 aliphatic rings. The second-order valence-corrected chi connectivity index (χ2v) is 5.30. The number of carboxylic acids is 1. The normalized spacial score (nSPS) is 12.9. The second-order valence-electron chi connectivity index (χ2n) is 3.58. The average molecular weight is 288 g/mol. The lowest BCUT2D eigenvalue weighted by molar-refractivity contribution is -0.139. The van der Waals surface area contributed by atoms with Crippen LogP contribution in [0.25, 0.3) is 0 Å². The van der Waals surface area contributed by atoms with Gasteiger partial charge >= 0.3 is 5.97 Å². The third-order valence-electron chi connectivity index (χ3n) is 2.23. The fourth-order valence-electron chi connectivity index (χ4n) is 1.22. The van der Waals surface area contributed by atoms with Crippen molar-refractivity contribution in [2.45, 2.75) is 10.9 Å². The van der Waals surface area contributed by atoms with Crippen LogP contribution in [0.5, 0.6) is 0 Å². The zero-order valence-corrected chi connectivity index (χ0v) is 10.4. The molecule has 0 radical (unpaired) electrons. The van der Waals surface area contributed by atoms with Crippen molar-refractivity contribution in [1.29, 1.82) is 0 Å². The molecule has 5 N–H and O–H groups in total. The molecule has 104 valence electrons. The van der Waals surface area contributed by atoms with Crippen molar-refractivity contribution in [1.82, 2.24) is 4.72 Å². The summed E-state index contributed by atoms with van der Waals surface area (Å²) < 4.78 is 25.4. The van der Waals surface area contributed by atoms with Crippen LogP contribution in [-0.2, 0) is 14.8 Å². The molecule has 9 heteroatoms. The first kappa shape index (κ1) is 15.1. The van der Waals surface area contributed by atoms with Crippen molar-refractivity contribution in [3.63, 3.8) is 0 Å². The number of carbonyl (C=O) groups is 2. The quantitative estimate of drug-likeness (QED) is 0.501. The molecule has 0 fully saturated rings. The molecular weight excluding hydrogens is 276 g/mol. The Balaban J connectivity index is 3.00. The molecule has 8 nitrogen and oxygen atoms in total. The maximum atomic E-state index is 11.8. The fraction of sp³-hybridized carbons (Fsp3) is 0.200. The van der Waals surface area contributed by atoms with E-state index < -0.39 is 34.5 Å². The topological polar surface area (TPSA) is 147 Å². The fourth-order valence-corrected chi connectivity index (χ4v) is 2.40. The first-order chi connectivity index (χ1) is 8.77. The molecule has 0 aliphatic heterocycles. The van der Waals surface area contributed by atoms with Crippen LogP contribution in [0.4, 0.5) is 0 Å². The van der Waals surface area contributed by atoms with E-state index in [1.165, 1.54) is 12.1 Å². The van der Waals surface area contributed by atoms with Gasteiger partial charge in [-0.25, -0.2) is 8.42 Å². The number of carboxylic acid groups (broad SMARTS) is 1. The number of aliphatic hydroxyl groups is 1. The number of rotatable bonds is 6. The molecule has 1 amide bonds. The molecule has 0 bridgehead atoms. The van der Waals surface area contributed by atoms with Crippen LogP contribution in [-0.4, -0.2) is 43.2 Å². The van der Waals surface area contributed by atoms with Crippen LogP contribution < -0.4 is 10.5 Å². The second kappa shape index (κ2) is 5.78. The third kappa shape index (κ3) is 3.74. The predicted molar refractivity (Wildman–Crippen MR) is 63.8 cm³/mol. The number of aliphatic carboxylic acids is 1. The number of hydrogen-bond donors (Lipinski definition) is 4. The van der Waals surface area contributed by atoms with E-state index in [0.717, 1.165) is 12.1 Å². The van der Waals surface area contributed by atoms with E-state index in [0.29, 0.717) is 0 Å². The lowest BCUT2D eigenvalue weighted by atomic mass is 10.2. The lowest BCUT2D eigenvalue weighted by Gasteiger charge is -2.12. The minimum Gasteiger partial charge on any atom is -0.480 e. The van der Waals surface area contributed by atoms with Gasteiger partial charge in [0.2, 0.25) is 15.9 Å². The van der Waals surface area contributed by atoms with Gasteiger partial charge in [0, 0.05) is 5.56 Å². The molecule has 0 heterocycles. The van der Waals surface area contributed by atoms with Crippen molar-refractivity contribution >= 4 is 21.9 Å². The molecule has 0 aliphatic carbocycles. The molecule has 0 unspecified atom stereocenters. The zero-order chi connectivity index (χ0) is 14.6. The Bertz CT molecular complexity index is 581. The van der Waals surface area contributed by atoms with Gasteiger partial charge < -0.3 is 15.9 Å².